The molecule has 0 aromatic heterocycles. The number of ether oxygens (including phenoxy) is 1. The van der Waals surface area contributed by atoms with E-state index in [9.17, 15) is 4.79 Å². The first kappa shape index (κ1) is 27.8. The number of carbonyl (C=O) groups is 2. The zero-order chi connectivity index (χ0) is 26.9. The monoisotopic (exact) mass is 540 g/mol. The second kappa shape index (κ2) is 12.9. The standard InChI is InChI=1S/C26H22Cl2N2O3.C2H4O2/c1-30-13-12-29-24(11-5-17-4-10-22(27)23(28)14-17)21-9-8-20(15-25(21)30)33-16-18-2-6-19(7-3-18)26(31)32;1-2(3)4/h2-11,14-15H,12-13,16H2,1H3,(H,31,32);1H3,(H,3,4). The van der Waals surface area contributed by atoms with Crippen molar-refractivity contribution in [2.45, 2.75) is 13.5 Å². The molecule has 9 heteroatoms. The Bertz CT molecular complexity index is 1330. The Labute approximate surface area is 225 Å². The average molecular weight is 541 g/mol. The van der Waals surface area contributed by atoms with Gasteiger partial charge in [-0.15, -0.1) is 0 Å². The fourth-order valence-electron chi connectivity index (χ4n) is 3.50. The molecule has 1 aliphatic rings. The summed E-state index contributed by atoms with van der Waals surface area (Å²) in [5, 5.41) is 17.5. The Kier molecular flexibility index (Phi) is 9.71. The number of fused-ring (bicyclic) bond motifs is 1. The van der Waals surface area contributed by atoms with E-state index in [1.165, 1.54) is 0 Å². The second-order valence-electron chi connectivity index (χ2n) is 8.18. The van der Waals surface area contributed by atoms with Crippen LogP contribution in [0.15, 0.2) is 71.7 Å². The Hall–Kier alpha value is -3.81. The van der Waals surface area contributed by atoms with Gasteiger partial charge in [0.2, 0.25) is 0 Å². The predicted molar refractivity (Wildman–Crippen MR) is 148 cm³/mol. The van der Waals surface area contributed by atoms with Crippen LogP contribution < -0.4 is 9.64 Å². The van der Waals surface area contributed by atoms with Crippen molar-refractivity contribution in [1.82, 2.24) is 0 Å². The van der Waals surface area contributed by atoms with E-state index in [0.717, 1.165) is 47.3 Å². The third-order valence-corrected chi connectivity index (χ3v) is 6.10. The first-order valence-electron chi connectivity index (χ1n) is 11.3. The maximum absolute atomic E-state index is 11.0. The van der Waals surface area contributed by atoms with Gasteiger partial charge in [0.25, 0.3) is 5.97 Å². The zero-order valence-electron chi connectivity index (χ0n) is 20.3. The summed E-state index contributed by atoms with van der Waals surface area (Å²) in [5.41, 5.74) is 5.03. The summed E-state index contributed by atoms with van der Waals surface area (Å²) >= 11 is 12.1. The number of rotatable bonds is 6. The van der Waals surface area contributed by atoms with E-state index in [2.05, 4.69) is 4.90 Å². The summed E-state index contributed by atoms with van der Waals surface area (Å²) in [6.07, 6.45) is 3.96. The Balaban J connectivity index is 0.000000886. The molecule has 37 heavy (non-hydrogen) atoms. The molecular formula is C28H26Cl2N2O5. The lowest BCUT2D eigenvalue weighted by molar-refractivity contribution is -0.134. The van der Waals surface area contributed by atoms with Crippen molar-refractivity contribution in [2.75, 3.05) is 25.0 Å². The number of likely N-dealkylation sites (N-methyl/N-ethyl adjacent to an activating group) is 1. The van der Waals surface area contributed by atoms with Gasteiger partial charge in [0.05, 0.1) is 27.9 Å². The molecular weight excluding hydrogens is 515 g/mol. The zero-order valence-corrected chi connectivity index (χ0v) is 21.8. The first-order valence-corrected chi connectivity index (χ1v) is 12.1. The second-order valence-corrected chi connectivity index (χ2v) is 9.00. The van der Waals surface area contributed by atoms with Gasteiger partial charge in [-0.1, -0.05) is 47.5 Å². The highest BCUT2D eigenvalue weighted by Gasteiger charge is 2.16. The molecule has 0 spiro atoms. The highest BCUT2D eigenvalue weighted by atomic mass is 35.5. The molecule has 3 aromatic carbocycles. The predicted octanol–water partition coefficient (Wildman–Crippen LogP) is 6.31. The minimum absolute atomic E-state index is 0.256. The van der Waals surface area contributed by atoms with Crippen LogP contribution >= 0.6 is 23.2 Å². The number of carboxylic acids is 2. The third kappa shape index (κ3) is 8.10. The van der Waals surface area contributed by atoms with Crippen molar-refractivity contribution in [3.8, 4) is 5.75 Å². The molecule has 0 atom stereocenters. The molecule has 0 radical (unpaired) electrons. The van der Waals surface area contributed by atoms with E-state index in [1.807, 2.05) is 49.5 Å². The van der Waals surface area contributed by atoms with Crippen molar-refractivity contribution >= 4 is 52.6 Å². The van der Waals surface area contributed by atoms with E-state index in [0.29, 0.717) is 23.2 Å². The Morgan fingerprint density at radius 1 is 1.00 bits per heavy atom. The fourth-order valence-corrected chi connectivity index (χ4v) is 3.81. The van der Waals surface area contributed by atoms with Gasteiger partial charge >= 0.3 is 5.97 Å². The number of allylic oxidation sites excluding steroid dienone is 1. The molecule has 3 aromatic rings. The van der Waals surface area contributed by atoms with Crippen LogP contribution in [0.5, 0.6) is 5.75 Å². The summed E-state index contributed by atoms with van der Waals surface area (Å²) in [6, 6.07) is 18.1. The van der Waals surface area contributed by atoms with E-state index in [4.69, 9.17) is 47.9 Å². The van der Waals surface area contributed by atoms with E-state index >= 15 is 0 Å². The number of aliphatic carboxylic acids is 1. The van der Waals surface area contributed by atoms with Crippen LogP contribution in [0.2, 0.25) is 10.0 Å². The highest BCUT2D eigenvalue weighted by molar-refractivity contribution is 6.42. The van der Waals surface area contributed by atoms with Crippen LogP contribution in [0.25, 0.3) is 6.08 Å². The molecule has 0 amide bonds. The van der Waals surface area contributed by atoms with Gasteiger partial charge in [0, 0.05) is 37.8 Å². The Morgan fingerprint density at radius 2 is 1.70 bits per heavy atom. The van der Waals surface area contributed by atoms with Gasteiger partial charge in [-0.2, -0.15) is 0 Å². The van der Waals surface area contributed by atoms with Crippen molar-refractivity contribution in [2.24, 2.45) is 4.99 Å². The normalized spacial score (nSPS) is 12.6. The highest BCUT2D eigenvalue weighted by Crippen LogP contribution is 2.29. The molecule has 0 bridgehead atoms. The number of anilines is 1. The van der Waals surface area contributed by atoms with E-state index in [-0.39, 0.29) is 5.56 Å². The van der Waals surface area contributed by atoms with E-state index in [1.54, 1.807) is 30.3 Å². The number of aliphatic imine (C=N–C) groups is 1. The topological polar surface area (TPSA) is 99.4 Å². The Morgan fingerprint density at radius 3 is 2.35 bits per heavy atom. The van der Waals surface area contributed by atoms with Crippen molar-refractivity contribution < 1.29 is 24.5 Å². The van der Waals surface area contributed by atoms with Crippen LogP contribution in [-0.2, 0) is 11.4 Å². The summed E-state index contributed by atoms with van der Waals surface area (Å²) < 4.78 is 5.98. The summed E-state index contributed by atoms with van der Waals surface area (Å²) in [6.45, 7) is 2.90. The number of benzene rings is 3. The quantitative estimate of drug-likeness (QED) is 0.379. The number of benzodiazepines with no additional fused rings is 1. The number of hydrogen-bond acceptors (Lipinski definition) is 5. The molecule has 0 aliphatic carbocycles. The van der Waals surface area contributed by atoms with Gasteiger partial charge in [-0.05, 0) is 53.6 Å². The molecule has 192 valence electrons. The lowest BCUT2D eigenvalue weighted by Gasteiger charge is -2.20. The number of carboxylic acid groups (broad SMARTS) is 2. The molecule has 1 heterocycles. The van der Waals surface area contributed by atoms with Gasteiger partial charge in [0.15, 0.2) is 0 Å². The van der Waals surface area contributed by atoms with Gasteiger partial charge in [-0.25, -0.2) is 4.79 Å². The maximum Gasteiger partial charge on any atom is 0.335 e. The van der Waals surface area contributed by atoms with Crippen molar-refractivity contribution in [1.29, 1.82) is 0 Å². The molecule has 0 fully saturated rings. The van der Waals surface area contributed by atoms with Crippen molar-refractivity contribution in [3.05, 3.63) is 99.0 Å². The minimum Gasteiger partial charge on any atom is -0.489 e. The molecule has 2 N–H and O–H groups in total. The minimum atomic E-state index is -0.943. The van der Waals surface area contributed by atoms with E-state index < -0.39 is 11.9 Å². The first-order chi connectivity index (χ1) is 17.6. The van der Waals surface area contributed by atoms with Crippen LogP contribution in [-0.4, -0.2) is 48.0 Å². The van der Waals surface area contributed by atoms with Gasteiger partial charge in [0.1, 0.15) is 12.4 Å². The summed E-state index contributed by atoms with van der Waals surface area (Å²) in [5.74, 6) is -1.04. The number of halogens is 2. The van der Waals surface area contributed by atoms with Crippen molar-refractivity contribution in [3.63, 3.8) is 0 Å². The molecule has 1 aliphatic heterocycles. The van der Waals surface area contributed by atoms with Gasteiger partial charge in [-0.3, -0.25) is 9.79 Å². The molecule has 4 rings (SSSR count). The molecule has 0 unspecified atom stereocenters. The van der Waals surface area contributed by atoms with Crippen LogP contribution in [0.3, 0.4) is 0 Å². The SMILES string of the molecule is CC(=O)O.CN1CCN=C(C=Cc2ccc(Cl)c(Cl)c2)c2ccc(OCc3ccc(C(=O)O)cc3)cc21. The average Bonchev–Trinajstić information content (AvgIpc) is 3.01. The van der Waals surface area contributed by atoms with Gasteiger partial charge < -0.3 is 19.8 Å². The van der Waals surface area contributed by atoms with Crippen LogP contribution in [0, 0.1) is 0 Å². The maximum atomic E-state index is 11.0. The number of hydrogen-bond donors (Lipinski definition) is 2. The molecule has 0 saturated carbocycles. The smallest absolute Gasteiger partial charge is 0.335 e. The largest absolute Gasteiger partial charge is 0.489 e. The lowest BCUT2D eigenvalue weighted by atomic mass is 10.0. The summed E-state index contributed by atoms with van der Waals surface area (Å²) in [7, 11) is 2.04. The molecule has 0 saturated heterocycles. The number of aromatic carboxylic acids is 1. The number of nitrogens with zero attached hydrogens (tertiary/aromatic N) is 2. The lowest BCUT2D eigenvalue weighted by Crippen LogP contribution is -2.20. The fraction of sp³-hybridized carbons (Fsp3) is 0.179. The third-order valence-electron chi connectivity index (χ3n) is 5.36. The summed E-state index contributed by atoms with van der Waals surface area (Å²) in [4.78, 5) is 26.9. The molecule has 7 nitrogen and oxygen atoms in total. The van der Waals surface area contributed by atoms with Crippen LogP contribution in [0.4, 0.5) is 5.69 Å². The van der Waals surface area contributed by atoms with Crippen LogP contribution in [0.1, 0.15) is 34.0 Å².